The summed E-state index contributed by atoms with van der Waals surface area (Å²) in [4.78, 5) is 20.6. The first-order valence-electron chi connectivity index (χ1n) is 6.09. The molecule has 2 heterocycles. The van der Waals surface area contributed by atoms with Crippen molar-refractivity contribution in [2.75, 3.05) is 5.43 Å². The van der Waals surface area contributed by atoms with Gasteiger partial charge in [0.05, 0.1) is 6.54 Å². The Morgan fingerprint density at radius 3 is 2.68 bits per heavy atom. The number of hydrogen-bond donors (Lipinski definition) is 2. The van der Waals surface area contributed by atoms with E-state index in [0.717, 1.165) is 5.69 Å². The Labute approximate surface area is 111 Å². The number of rotatable bonds is 4. The Morgan fingerprint density at radius 1 is 1.37 bits per heavy atom. The quantitative estimate of drug-likeness (QED) is 0.624. The van der Waals surface area contributed by atoms with Crippen LogP contribution in [0.1, 0.15) is 31.4 Å². The van der Waals surface area contributed by atoms with E-state index in [2.05, 4.69) is 15.4 Å². The first-order chi connectivity index (χ1) is 9.01. The van der Waals surface area contributed by atoms with Crippen LogP contribution in [0.15, 0.2) is 23.3 Å². The molecule has 0 saturated carbocycles. The number of hydrogen-bond acceptors (Lipinski definition) is 5. The fourth-order valence-electron chi connectivity index (χ4n) is 1.87. The van der Waals surface area contributed by atoms with Gasteiger partial charge in [-0.15, -0.1) is 0 Å². The summed E-state index contributed by atoms with van der Waals surface area (Å²) in [5, 5.41) is 0. The Bertz CT molecular complexity index is 627. The van der Waals surface area contributed by atoms with Crippen molar-refractivity contribution in [1.29, 1.82) is 0 Å². The molecule has 0 aliphatic rings. The third-order valence-corrected chi connectivity index (χ3v) is 2.79. The average Bonchev–Trinajstić information content (AvgIpc) is 2.70. The van der Waals surface area contributed by atoms with Gasteiger partial charge in [-0.05, 0) is 20.8 Å². The van der Waals surface area contributed by atoms with Crippen molar-refractivity contribution in [3.63, 3.8) is 0 Å². The van der Waals surface area contributed by atoms with E-state index >= 15 is 0 Å². The molecule has 2 rings (SSSR count). The average molecular weight is 262 g/mol. The molecular weight excluding hydrogens is 244 g/mol. The smallest absolute Gasteiger partial charge is 0.308 e. The van der Waals surface area contributed by atoms with E-state index in [0.29, 0.717) is 18.2 Å². The van der Waals surface area contributed by atoms with Crippen LogP contribution >= 0.6 is 0 Å². The molecule has 0 saturated heterocycles. The Kier molecular flexibility index (Phi) is 3.66. The van der Waals surface area contributed by atoms with Crippen LogP contribution in [-0.4, -0.2) is 19.1 Å². The normalized spacial score (nSPS) is 11.0. The molecule has 0 fully saturated rings. The summed E-state index contributed by atoms with van der Waals surface area (Å²) in [5.74, 6) is 6.43. The molecule has 3 N–H and O–H groups in total. The van der Waals surface area contributed by atoms with Crippen molar-refractivity contribution in [1.82, 2.24) is 19.1 Å². The van der Waals surface area contributed by atoms with Crippen molar-refractivity contribution in [3.8, 4) is 0 Å². The zero-order valence-electron chi connectivity index (χ0n) is 11.3. The van der Waals surface area contributed by atoms with Crippen LogP contribution in [0.4, 0.5) is 5.82 Å². The molecule has 2 aromatic heterocycles. The maximum Gasteiger partial charge on any atom is 0.328 e. The number of hydrazine groups is 1. The third kappa shape index (κ3) is 2.82. The number of nitrogens with zero attached hydrogens (tertiary/aromatic N) is 4. The first-order valence-corrected chi connectivity index (χ1v) is 6.09. The van der Waals surface area contributed by atoms with E-state index in [-0.39, 0.29) is 11.7 Å². The Morgan fingerprint density at radius 2 is 2.11 bits per heavy atom. The van der Waals surface area contributed by atoms with E-state index in [9.17, 15) is 4.79 Å². The van der Waals surface area contributed by atoms with Crippen molar-refractivity contribution in [2.45, 2.75) is 33.4 Å². The Balaban J connectivity index is 2.31. The molecule has 0 radical (unpaired) electrons. The maximum absolute atomic E-state index is 12.1. The SMILES string of the molecule is Cc1cc(NN)nc(Cn2ccn(C(C)C)c2=O)n1. The largest absolute Gasteiger partial charge is 0.328 e. The molecule has 7 heteroatoms. The van der Waals surface area contributed by atoms with E-state index in [4.69, 9.17) is 5.84 Å². The second kappa shape index (κ2) is 5.23. The van der Waals surface area contributed by atoms with Crippen LogP contribution in [-0.2, 0) is 6.54 Å². The standard InChI is InChI=1S/C12H18N6O/c1-8(2)18-5-4-17(12(18)19)7-11-14-9(3)6-10(15-11)16-13/h4-6,8H,7,13H2,1-3H3,(H,14,15,16). The molecule has 0 spiro atoms. The monoisotopic (exact) mass is 262 g/mol. The van der Waals surface area contributed by atoms with Gasteiger partial charge in [-0.1, -0.05) is 0 Å². The van der Waals surface area contributed by atoms with E-state index in [1.165, 1.54) is 0 Å². The molecule has 0 aliphatic carbocycles. The molecular formula is C12H18N6O. The summed E-state index contributed by atoms with van der Waals surface area (Å²) in [7, 11) is 0. The number of aromatic nitrogens is 4. The number of aryl methyl sites for hydroxylation is 1. The van der Waals surface area contributed by atoms with E-state index in [1.54, 1.807) is 27.6 Å². The molecule has 0 amide bonds. The highest BCUT2D eigenvalue weighted by Crippen LogP contribution is 2.06. The minimum atomic E-state index is -0.0673. The summed E-state index contributed by atoms with van der Waals surface area (Å²) in [6, 6.07) is 1.87. The lowest BCUT2D eigenvalue weighted by Gasteiger charge is -2.06. The minimum Gasteiger partial charge on any atom is -0.308 e. The van der Waals surface area contributed by atoms with Gasteiger partial charge in [0.2, 0.25) is 0 Å². The van der Waals surface area contributed by atoms with Gasteiger partial charge in [-0.2, -0.15) is 0 Å². The topological polar surface area (TPSA) is 90.8 Å². The van der Waals surface area contributed by atoms with Crippen LogP contribution in [0.3, 0.4) is 0 Å². The minimum absolute atomic E-state index is 0.0673. The maximum atomic E-state index is 12.1. The van der Waals surface area contributed by atoms with Gasteiger partial charge >= 0.3 is 5.69 Å². The lowest BCUT2D eigenvalue weighted by molar-refractivity contribution is 0.558. The number of anilines is 1. The lowest BCUT2D eigenvalue weighted by atomic mass is 10.4. The van der Waals surface area contributed by atoms with Crippen molar-refractivity contribution >= 4 is 5.82 Å². The second-order valence-corrected chi connectivity index (χ2v) is 4.66. The molecule has 0 unspecified atom stereocenters. The van der Waals surface area contributed by atoms with Crippen LogP contribution in [0.25, 0.3) is 0 Å². The molecule has 102 valence electrons. The summed E-state index contributed by atoms with van der Waals surface area (Å²) in [6.07, 6.45) is 3.51. The molecule has 2 aromatic rings. The van der Waals surface area contributed by atoms with Gasteiger partial charge in [-0.25, -0.2) is 20.6 Å². The summed E-state index contributed by atoms with van der Waals surface area (Å²) in [6.45, 7) is 6.11. The van der Waals surface area contributed by atoms with Crippen LogP contribution < -0.4 is 17.0 Å². The van der Waals surface area contributed by atoms with E-state index < -0.39 is 0 Å². The fourth-order valence-corrected chi connectivity index (χ4v) is 1.87. The molecule has 0 aromatic carbocycles. The predicted octanol–water partition coefficient (Wildman–Crippen LogP) is 0.663. The van der Waals surface area contributed by atoms with E-state index in [1.807, 2.05) is 20.8 Å². The number of nitrogens with two attached hydrogens (primary N) is 1. The van der Waals surface area contributed by atoms with Crippen LogP contribution in [0, 0.1) is 6.92 Å². The highest BCUT2D eigenvalue weighted by molar-refractivity contribution is 5.33. The highest BCUT2D eigenvalue weighted by atomic mass is 16.1. The Hall–Kier alpha value is -2.15. The van der Waals surface area contributed by atoms with Crippen molar-refractivity contribution < 1.29 is 0 Å². The van der Waals surface area contributed by atoms with Gasteiger partial charge in [0.15, 0.2) is 5.82 Å². The van der Waals surface area contributed by atoms with Gasteiger partial charge < -0.3 is 5.43 Å². The second-order valence-electron chi connectivity index (χ2n) is 4.66. The number of nitrogen functional groups attached to an aromatic ring is 1. The lowest BCUT2D eigenvalue weighted by Crippen LogP contribution is -2.26. The molecule has 19 heavy (non-hydrogen) atoms. The van der Waals surface area contributed by atoms with Crippen LogP contribution in [0.5, 0.6) is 0 Å². The van der Waals surface area contributed by atoms with Crippen LogP contribution in [0.2, 0.25) is 0 Å². The molecule has 0 atom stereocenters. The van der Waals surface area contributed by atoms with Crippen molar-refractivity contribution in [2.24, 2.45) is 5.84 Å². The number of nitrogens with one attached hydrogen (secondary N) is 1. The molecule has 0 aliphatic heterocycles. The summed E-state index contributed by atoms with van der Waals surface area (Å²) >= 11 is 0. The zero-order valence-corrected chi connectivity index (χ0v) is 11.3. The summed E-state index contributed by atoms with van der Waals surface area (Å²) < 4.78 is 3.24. The van der Waals surface area contributed by atoms with Gasteiger partial charge in [0.1, 0.15) is 5.82 Å². The van der Waals surface area contributed by atoms with Gasteiger partial charge in [-0.3, -0.25) is 9.13 Å². The first kappa shape index (κ1) is 13.3. The fraction of sp³-hybridized carbons (Fsp3) is 0.417. The summed E-state index contributed by atoms with van der Waals surface area (Å²) in [5.41, 5.74) is 3.22. The predicted molar refractivity (Wildman–Crippen MR) is 72.8 cm³/mol. The molecule has 0 bridgehead atoms. The number of imidazole rings is 1. The zero-order chi connectivity index (χ0) is 14.0. The third-order valence-electron chi connectivity index (χ3n) is 2.79. The highest BCUT2D eigenvalue weighted by Gasteiger charge is 2.08. The molecule has 7 nitrogen and oxygen atoms in total. The van der Waals surface area contributed by atoms with Crippen molar-refractivity contribution in [3.05, 3.63) is 40.5 Å². The van der Waals surface area contributed by atoms with Gasteiger partial charge in [0, 0.05) is 30.2 Å². The van der Waals surface area contributed by atoms with Gasteiger partial charge in [0.25, 0.3) is 0 Å².